The third-order valence-electron chi connectivity index (χ3n) is 6.70. The smallest absolute Gasteiger partial charge is 0.321 e. The van der Waals surface area contributed by atoms with Crippen LogP contribution in [0.25, 0.3) is 16.6 Å². The topological polar surface area (TPSA) is 98.5 Å². The minimum Gasteiger partial charge on any atom is -0.494 e. The van der Waals surface area contributed by atoms with E-state index < -0.39 is 35.6 Å². The number of carbonyl (C=O) groups is 2. The summed E-state index contributed by atoms with van der Waals surface area (Å²) in [7, 11) is 2.91. The number of aromatic nitrogens is 3. The second-order valence-corrected chi connectivity index (χ2v) is 9.41. The van der Waals surface area contributed by atoms with Crippen molar-refractivity contribution in [3.05, 3.63) is 82.7 Å². The van der Waals surface area contributed by atoms with Gasteiger partial charge in [-0.05, 0) is 42.0 Å². The zero-order valence-electron chi connectivity index (χ0n) is 21.2. The molecule has 4 aromatic rings. The van der Waals surface area contributed by atoms with Crippen molar-refractivity contribution in [2.24, 2.45) is 7.05 Å². The van der Waals surface area contributed by atoms with Crippen molar-refractivity contribution in [2.45, 2.75) is 31.4 Å². The highest BCUT2D eigenvalue weighted by atomic mass is 19.3. The molecule has 0 bridgehead atoms. The van der Waals surface area contributed by atoms with Crippen LogP contribution in [0, 0.1) is 5.82 Å². The molecule has 2 unspecified atom stereocenters. The van der Waals surface area contributed by atoms with E-state index in [1.54, 1.807) is 48.4 Å². The third kappa shape index (κ3) is 4.73. The molecule has 1 aliphatic heterocycles. The van der Waals surface area contributed by atoms with Crippen molar-refractivity contribution in [2.75, 3.05) is 12.0 Å². The van der Waals surface area contributed by atoms with Crippen LogP contribution in [0.4, 0.5) is 18.9 Å². The van der Waals surface area contributed by atoms with Crippen molar-refractivity contribution in [3.63, 3.8) is 0 Å². The first-order valence-electron chi connectivity index (χ1n) is 12.0. The van der Waals surface area contributed by atoms with Gasteiger partial charge < -0.3 is 19.5 Å². The Kier molecular flexibility index (Phi) is 6.41. The highest BCUT2D eigenvalue weighted by Gasteiger charge is 2.45. The molecule has 9 nitrogen and oxygen atoms in total. The normalized spacial score (nSPS) is 17.6. The number of nitrogens with zero attached hydrogens (tertiary/aromatic N) is 4. The van der Waals surface area contributed by atoms with E-state index in [0.29, 0.717) is 34.8 Å². The second-order valence-electron chi connectivity index (χ2n) is 9.41. The van der Waals surface area contributed by atoms with Crippen LogP contribution >= 0.6 is 0 Å². The Bertz CT molecular complexity index is 1660. The molecule has 12 heteroatoms. The number of fused-ring (bicyclic) bond motifs is 1. The summed E-state index contributed by atoms with van der Waals surface area (Å²) in [5, 5.41) is 7.37. The quantitative estimate of drug-likeness (QED) is 0.405. The molecule has 39 heavy (non-hydrogen) atoms. The average Bonchev–Trinajstić information content (AvgIpc) is 3.45. The number of alkyl halides is 2. The van der Waals surface area contributed by atoms with E-state index in [1.807, 2.05) is 0 Å². The Morgan fingerprint density at radius 2 is 1.85 bits per heavy atom. The molecule has 5 rings (SSSR count). The molecular formula is C27H24F3N5O4. The second kappa shape index (κ2) is 9.61. The first-order valence-corrected chi connectivity index (χ1v) is 12.0. The monoisotopic (exact) mass is 539 g/mol. The summed E-state index contributed by atoms with van der Waals surface area (Å²) in [6.45, 7) is 0.475. The van der Waals surface area contributed by atoms with Crippen molar-refractivity contribution < 1.29 is 27.5 Å². The molecule has 0 aliphatic carbocycles. The fourth-order valence-electron chi connectivity index (χ4n) is 4.79. The molecule has 0 saturated carbocycles. The SMILES string of the molecule is COc1cc(C2C(NC(=O)C(C)(F)F)CC(=O)N2c2ccc3c(cnn3-c3ccc(=O)n(C)c3)c2)ccc1F. The summed E-state index contributed by atoms with van der Waals surface area (Å²) >= 11 is 0. The van der Waals surface area contributed by atoms with E-state index in [-0.39, 0.29) is 17.7 Å². The first-order chi connectivity index (χ1) is 18.5. The van der Waals surface area contributed by atoms with Gasteiger partial charge in [0.15, 0.2) is 11.6 Å². The number of amides is 2. The molecule has 1 N–H and O–H groups in total. The molecule has 1 saturated heterocycles. The number of carbonyl (C=O) groups excluding carboxylic acids is 2. The first kappa shape index (κ1) is 26.0. The van der Waals surface area contributed by atoms with E-state index in [9.17, 15) is 27.6 Å². The van der Waals surface area contributed by atoms with Gasteiger partial charge >= 0.3 is 5.92 Å². The van der Waals surface area contributed by atoms with E-state index >= 15 is 0 Å². The van der Waals surface area contributed by atoms with Gasteiger partial charge in [0.05, 0.1) is 36.6 Å². The van der Waals surface area contributed by atoms with Crippen LogP contribution < -0.4 is 20.5 Å². The number of anilines is 1. The number of methoxy groups -OCH3 is 1. The minimum atomic E-state index is -3.66. The third-order valence-corrected chi connectivity index (χ3v) is 6.70. The predicted octanol–water partition coefficient (Wildman–Crippen LogP) is 3.49. The molecule has 1 fully saturated rings. The summed E-state index contributed by atoms with van der Waals surface area (Å²) in [5.41, 5.74) is 2.00. The maximum absolute atomic E-state index is 14.2. The highest BCUT2D eigenvalue weighted by Crippen LogP contribution is 2.40. The van der Waals surface area contributed by atoms with Crippen LogP contribution in [-0.4, -0.2) is 45.2 Å². The molecular weight excluding hydrogens is 515 g/mol. The molecule has 0 radical (unpaired) electrons. The van der Waals surface area contributed by atoms with E-state index in [2.05, 4.69) is 10.4 Å². The van der Waals surface area contributed by atoms with Crippen LogP contribution in [0.15, 0.2) is 65.7 Å². The number of halogens is 3. The summed E-state index contributed by atoms with van der Waals surface area (Å²) in [6.07, 6.45) is 2.99. The van der Waals surface area contributed by atoms with E-state index in [0.717, 1.165) is 6.07 Å². The lowest BCUT2D eigenvalue weighted by Crippen LogP contribution is -2.46. The Morgan fingerprint density at radius 3 is 2.54 bits per heavy atom. The number of ether oxygens (including phenoxy) is 1. The van der Waals surface area contributed by atoms with Crippen molar-refractivity contribution in [3.8, 4) is 11.4 Å². The van der Waals surface area contributed by atoms with Gasteiger partial charge in [0.25, 0.3) is 5.91 Å². The molecule has 2 atom stereocenters. The fraction of sp³-hybridized carbons (Fsp3) is 0.259. The van der Waals surface area contributed by atoms with Gasteiger partial charge in [-0.25, -0.2) is 9.07 Å². The number of hydrogen-bond donors (Lipinski definition) is 1. The summed E-state index contributed by atoms with van der Waals surface area (Å²) in [4.78, 5) is 38.6. The molecule has 202 valence electrons. The molecule has 3 heterocycles. The maximum atomic E-state index is 14.2. The summed E-state index contributed by atoms with van der Waals surface area (Å²) < 4.78 is 49.8. The fourth-order valence-corrected chi connectivity index (χ4v) is 4.79. The van der Waals surface area contributed by atoms with Gasteiger partial charge in [-0.1, -0.05) is 6.07 Å². The van der Waals surface area contributed by atoms with Gasteiger partial charge in [0.2, 0.25) is 11.5 Å². The number of rotatable bonds is 6. The molecule has 0 spiro atoms. The average molecular weight is 540 g/mol. The minimum absolute atomic E-state index is 0.0910. The number of hydrogen-bond acceptors (Lipinski definition) is 5. The summed E-state index contributed by atoms with van der Waals surface area (Å²) in [5.74, 6) is -6.32. The van der Waals surface area contributed by atoms with E-state index in [1.165, 1.54) is 34.8 Å². The zero-order chi connectivity index (χ0) is 28.1. The Morgan fingerprint density at radius 1 is 1.10 bits per heavy atom. The predicted molar refractivity (Wildman–Crippen MR) is 137 cm³/mol. The molecule has 2 amide bonds. The van der Waals surface area contributed by atoms with Gasteiger partial charge in [0.1, 0.15) is 0 Å². The number of nitrogens with one attached hydrogen (secondary N) is 1. The van der Waals surface area contributed by atoms with E-state index in [4.69, 9.17) is 4.74 Å². The maximum Gasteiger partial charge on any atom is 0.321 e. The lowest BCUT2D eigenvalue weighted by Gasteiger charge is -2.30. The standard InChI is InChI=1S/C27H24F3N5O4/c1-27(29,30)26(38)32-20-12-24(37)34(25(20)15-4-7-19(28)22(11-15)39-3)17-5-8-21-16(10-17)13-31-35(21)18-6-9-23(36)33(2)14-18/h4-11,13-14,20,25H,12H2,1-3H3,(H,32,38). The highest BCUT2D eigenvalue weighted by molar-refractivity contribution is 6.00. The lowest BCUT2D eigenvalue weighted by atomic mass is 9.98. The molecule has 2 aromatic carbocycles. The van der Waals surface area contributed by atoms with Gasteiger partial charge in [-0.3, -0.25) is 14.4 Å². The zero-order valence-corrected chi connectivity index (χ0v) is 21.2. The number of benzene rings is 2. The number of pyridine rings is 1. The van der Waals surface area contributed by atoms with Crippen LogP contribution in [0.5, 0.6) is 5.75 Å². The summed E-state index contributed by atoms with van der Waals surface area (Å²) in [6, 6.07) is 10.2. The van der Waals surface area contributed by atoms with Gasteiger partial charge in [-0.2, -0.15) is 13.9 Å². The Labute approximate surface area is 220 Å². The Hall–Kier alpha value is -4.61. The van der Waals surface area contributed by atoms with Crippen molar-refractivity contribution >= 4 is 28.4 Å². The van der Waals surface area contributed by atoms with Crippen LogP contribution in [-0.2, 0) is 16.6 Å². The van der Waals surface area contributed by atoms with Crippen LogP contribution in [0.2, 0.25) is 0 Å². The van der Waals surface area contributed by atoms with Gasteiger partial charge in [-0.15, -0.1) is 0 Å². The van der Waals surface area contributed by atoms with Crippen molar-refractivity contribution in [1.82, 2.24) is 19.7 Å². The van der Waals surface area contributed by atoms with Gasteiger partial charge in [0, 0.05) is 43.7 Å². The number of aryl methyl sites for hydroxylation is 1. The Balaban J connectivity index is 1.58. The van der Waals surface area contributed by atoms with Crippen LogP contribution in [0.1, 0.15) is 24.9 Å². The molecule has 1 aliphatic rings. The lowest BCUT2D eigenvalue weighted by molar-refractivity contribution is -0.143. The van der Waals surface area contributed by atoms with Crippen molar-refractivity contribution in [1.29, 1.82) is 0 Å². The van der Waals surface area contributed by atoms with Crippen LogP contribution in [0.3, 0.4) is 0 Å². The molecule has 2 aromatic heterocycles. The largest absolute Gasteiger partial charge is 0.494 e.